The molecule has 0 fully saturated rings. The number of fused-ring (bicyclic) bond motifs is 1. The normalized spacial score (nSPS) is 12.9. The average molecular weight is 355 g/mol. The fourth-order valence-corrected chi connectivity index (χ4v) is 3.62. The SMILES string of the molecule is CCc1cc2cc(C)c(C(C)(C#N)Cc3cccc(C#N)c3)cc2[nH]c1=O. The van der Waals surface area contributed by atoms with Crippen molar-refractivity contribution in [1.29, 1.82) is 10.5 Å². The maximum Gasteiger partial charge on any atom is 0.251 e. The van der Waals surface area contributed by atoms with Gasteiger partial charge in [-0.05, 0) is 79.1 Å². The molecule has 0 spiro atoms. The van der Waals surface area contributed by atoms with E-state index < -0.39 is 5.41 Å². The highest BCUT2D eigenvalue weighted by Crippen LogP contribution is 2.32. The lowest BCUT2D eigenvalue weighted by Crippen LogP contribution is -2.24. The molecule has 1 heterocycles. The zero-order valence-corrected chi connectivity index (χ0v) is 15.8. The number of aromatic amines is 1. The molecule has 1 unspecified atom stereocenters. The number of hydrogen-bond acceptors (Lipinski definition) is 3. The quantitative estimate of drug-likeness (QED) is 0.758. The number of rotatable bonds is 4. The van der Waals surface area contributed by atoms with E-state index in [9.17, 15) is 10.1 Å². The van der Waals surface area contributed by atoms with Crippen molar-refractivity contribution in [2.75, 3.05) is 0 Å². The summed E-state index contributed by atoms with van der Waals surface area (Å²) in [6, 6.07) is 17.8. The van der Waals surface area contributed by atoms with Crippen LogP contribution in [-0.4, -0.2) is 4.98 Å². The Bertz CT molecular complexity index is 1160. The third-order valence-electron chi connectivity index (χ3n) is 5.10. The number of aromatic nitrogens is 1. The third-order valence-corrected chi connectivity index (χ3v) is 5.10. The van der Waals surface area contributed by atoms with Crippen molar-refractivity contribution >= 4 is 10.9 Å². The third kappa shape index (κ3) is 3.48. The molecule has 1 atom stereocenters. The summed E-state index contributed by atoms with van der Waals surface area (Å²) in [4.78, 5) is 15.1. The van der Waals surface area contributed by atoms with Crippen LogP contribution in [0.5, 0.6) is 0 Å². The second kappa shape index (κ2) is 7.09. The van der Waals surface area contributed by atoms with Crippen molar-refractivity contribution in [3.8, 4) is 12.1 Å². The first-order valence-corrected chi connectivity index (χ1v) is 8.97. The van der Waals surface area contributed by atoms with Gasteiger partial charge in [-0.1, -0.05) is 19.1 Å². The molecular weight excluding hydrogens is 334 g/mol. The largest absolute Gasteiger partial charge is 0.322 e. The molecule has 0 radical (unpaired) electrons. The molecule has 134 valence electrons. The van der Waals surface area contributed by atoms with Gasteiger partial charge in [0.05, 0.1) is 23.1 Å². The molecule has 27 heavy (non-hydrogen) atoms. The van der Waals surface area contributed by atoms with Crippen LogP contribution in [-0.2, 0) is 18.3 Å². The summed E-state index contributed by atoms with van der Waals surface area (Å²) in [5, 5.41) is 20.1. The first-order valence-electron chi connectivity index (χ1n) is 8.97. The maximum atomic E-state index is 12.2. The highest BCUT2D eigenvalue weighted by atomic mass is 16.1. The van der Waals surface area contributed by atoms with Crippen LogP contribution in [0.25, 0.3) is 10.9 Å². The molecule has 0 aliphatic carbocycles. The van der Waals surface area contributed by atoms with Gasteiger partial charge in [0.15, 0.2) is 0 Å². The minimum atomic E-state index is -0.771. The van der Waals surface area contributed by atoms with Crippen molar-refractivity contribution < 1.29 is 0 Å². The van der Waals surface area contributed by atoms with Crippen LogP contribution >= 0.6 is 0 Å². The van der Waals surface area contributed by atoms with Gasteiger partial charge in [0.1, 0.15) is 0 Å². The molecule has 1 aromatic heterocycles. The second-order valence-electron chi connectivity index (χ2n) is 7.16. The van der Waals surface area contributed by atoms with Gasteiger partial charge in [-0.25, -0.2) is 0 Å². The standard InChI is InChI=1S/C23H21N3O/c1-4-18-10-19-8-15(2)20(11-21(19)26-22(18)27)23(3,14-25)12-16-6-5-7-17(9-16)13-24/h5-11H,4,12H2,1-3H3,(H,26,27). The number of nitrogens with one attached hydrogen (secondary N) is 1. The summed E-state index contributed by atoms with van der Waals surface area (Å²) in [7, 11) is 0. The summed E-state index contributed by atoms with van der Waals surface area (Å²) < 4.78 is 0. The molecule has 0 saturated heterocycles. The van der Waals surface area contributed by atoms with Gasteiger partial charge in [0.25, 0.3) is 5.56 Å². The number of nitriles is 2. The molecule has 0 aliphatic rings. The van der Waals surface area contributed by atoms with Gasteiger partial charge in [0, 0.05) is 11.1 Å². The zero-order valence-electron chi connectivity index (χ0n) is 15.8. The van der Waals surface area contributed by atoms with Gasteiger partial charge in [-0.3, -0.25) is 4.79 Å². The summed E-state index contributed by atoms with van der Waals surface area (Å²) in [6.45, 7) is 5.85. The molecule has 0 bridgehead atoms. The molecule has 3 rings (SSSR count). The van der Waals surface area contributed by atoms with Crippen LogP contribution in [0.2, 0.25) is 0 Å². The van der Waals surface area contributed by atoms with Crippen LogP contribution in [0.15, 0.2) is 47.3 Å². The van der Waals surface area contributed by atoms with E-state index in [1.54, 1.807) is 6.07 Å². The molecule has 3 aromatic rings. The Kier molecular flexibility index (Phi) is 4.84. The van der Waals surface area contributed by atoms with Crippen LogP contribution < -0.4 is 5.56 Å². The van der Waals surface area contributed by atoms with Gasteiger partial charge in [-0.15, -0.1) is 0 Å². The average Bonchev–Trinajstić information content (AvgIpc) is 2.67. The van der Waals surface area contributed by atoms with E-state index in [0.717, 1.165) is 33.2 Å². The zero-order chi connectivity index (χ0) is 19.6. The monoisotopic (exact) mass is 355 g/mol. The van der Waals surface area contributed by atoms with Crippen molar-refractivity contribution in [2.24, 2.45) is 0 Å². The number of benzene rings is 2. The highest BCUT2D eigenvalue weighted by molar-refractivity contribution is 5.81. The lowest BCUT2D eigenvalue weighted by atomic mass is 9.76. The Hall–Kier alpha value is -3.37. The Morgan fingerprint density at radius 2 is 1.93 bits per heavy atom. The summed E-state index contributed by atoms with van der Waals surface area (Å²) in [5.74, 6) is 0. The van der Waals surface area contributed by atoms with Crippen molar-refractivity contribution in [1.82, 2.24) is 4.98 Å². The van der Waals surface area contributed by atoms with E-state index in [1.807, 2.05) is 57.2 Å². The van der Waals surface area contributed by atoms with Crippen molar-refractivity contribution in [2.45, 2.75) is 39.0 Å². The number of aryl methyl sites for hydroxylation is 2. The second-order valence-corrected chi connectivity index (χ2v) is 7.16. The minimum absolute atomic E-state index is 0.0832. The maximum absolute atomic E-state index is 12.2. The lowest BCUT2D eigenvalue weighted by Gasteiger charge is -2.25. The summed E-state index contributed by atoms with van der Waals surface area (Å²) in [6.07, 6.45) is 1.17. The Balaban J connectivity index is 2.12. The van der Waals surface area contributed by atoms with Crippen molar-refractivity contribution in [3.05, 3.63) is 80.6 Å². The number of nitrogens with zero attached hydrogens (tertiary/aromatic N) is 2. The fourth-order valence-electron chi connectivity index (χ4n) is 3.62. The van der Waals surface area contributed by atoms with E-state index in [2.05, 4.69) is 17.1 Å². The first-order chi connectivity index (χ1) is 12.9. The topological polar surface area (TPSA) is 80.4 Å². The molecule has 4 heteroatoms. The molecule has 0 amide bonds. The molecule has 2 aromatic carbocycles. The molecule has 4 nitrogen and oxygen atoms in total. The van der Waals surface area contributed by atoms with Crippen LogP contribution in [0.4, 0.5) is 0 Å². The van der Waals surface area contributed by atoms with E-state index in [1.165, 1.54) is 0 Å². The Morgan fingerprint density at radius 1 is 1.15 bits per heavy atom. The number of hydrogen-bond donors (Lipinski definition) is 1. The van der Waals surface area contributed by atoms with E-state index in [4.69, 9.17) is 5.26 Å². The number of H-pyrrole nitrogens is 1. The van der Waals surface area contributed by atoms with Gasteiger partial charge in [0.2, 0.25) is 0 Å². The van der Waals surface area contributed by atoms with E-state index >= 15 is 0 Å². The van der Waals surface area contributed by atoms with Crippen LogP contribution in [0.1, 0.15) is 41.7 Å². The van der Waals surface area contributed by atoms with Gasteiger partial charge < -0.3 is 4.98 Å². The Morgan fingerprint density at radius 3 is 2.59 bits per heavy atom. The predicted octanol–water partition coefficient (Wildman–Crippen LogP) is 4.29. The minimum Gasteiger partial charge on any atom is -0.322 e. The smallest absolute Gasteiger partial charge is 0.251 e. The number of pyridine rings is 1. The van der Waals surface area contributed by atoms with Crippen LogP contribution in [0, 0.1) is 29.6 Å². The lowest BCUT2D eigenvalue weighted by molar-refractivity contribution is 0.603. The molecular formula is C23H21N3O. The van der Waals surface area contributed by atoms with Gasteiger partial charge >= 0.3 is 0 Å². The van der Waals surface area contributed by atoms with Crippen molar-refractivity contribution in [3.63, 3.8) is 0 Å². The van der Waals surface area contributed by atoms with E-state index in [-0.39, 0.29) is 5.56 Å². The highest BCUT2D eigenvalue weighted by Gasteiger charge is 2.29. The Labute approximate surface area is 158 Å². The fraction of sp³-hybridized carbons (Fsp3) is 0.261. The van der Waals surface area contributed by atoms with Crippen LogP contribution in [0.3, 0.4) is 0 Å². The molecule has 1 N–H and O–H groups in total. The summed E-state index contributed by atoms with van der Waals surface area (Å²) in [5.41, 5.74) is 4.06. The molecule has 0 saturated carbocycles. The molecule has 0 aliphatic heterocycles. The van der Waals surface area contributed by atoms with Gasteiger partial charge in [-0.2, -0.15) is 10.5 Å². The predicted molar refractivity (Wildman–Crippen MR) is 107 cm³/mol. The first kappa shape index (κ1) is 18.4. The summed E-state index contributed by atoms with van der Waals surface area (Å²) >= 11 is 0. The van der Waals surface area contributed by atoms with E-state index in [0.29, 0.717) is 18.4 Å².